The Hall–Kier alpha value is -2.79. The molecule has 0 aromatic heterocycles. The highest BCUT2D eigenvalue weighted by molar-refractivity contribution is 9.10. The van der Waals surface area contributed by atoms with Crippen molar-refractivity contribution in [3.05, 3.63) is 77.3 Å². The fourth-order valence-electron chi connectivity index (χ4n) is 2.60. The second kappa shape index (κ2) is 9.24. The zero-order valence-corrected chi connectivity index (χ0v) is 16.5. The molecule has 0 atom stereocenters. The number of benzene rings is 3. The molecule has 5 heteroatoms. The van der Waals surface area contributed by atoms with Crippen LogP contribution in [0, 0.1) is 0 Å². The standard InChI is InChI=1S/C22H20BrNO3/c1-2-26-19-10-6-9-18(14-19)24-22(25)15-27-21-12-11-17(13-20(21)23)16-7-4-3-5-8-16/h3-14H,2,15H2,1H3,(H,24,25). The maximum absolute atomic E-state index is 12.2. The number of carbonyl (C=O) groups excluding carboxylic acids is 1. The Bertz CT molecular complexity index is 912. The van der Waals surface area contributed by atoms with Crippen LogP contribution in [0.5, 0.6) is 11.5 Å². The van der Waals surface area contributed by atoms with Gasteiger partial charge in [-0.1, -0.05) is 42.5 Å². The van der Waals surface area contributed by atoms with Crippen molar-refractivity contribution in [2.75, 3.05) is 18.5 Å². The predicted octanol–water partition coefficient (Wildman–Crippen LogP) is 5.53. The molecule has 0 bridgehead atoms. The minimum absolute atomic E-state index is 0.0812. The maximum Gasteiger partial charge on any atom is 0.262 e. The first kappa shape index (κ1) is 19.0. The second-order valence-electron chi connectivity index (χ2n) is 5.81. The molecule has 1 amide bonds. The lowest BCUT2D eigenvalue weighted by molar-refractivity contribution is -0.118. The van der Waals surface area contributed by atoms with Crippen LogP contribution in [-0.4, -0.2) is 19.1 Å². The van der Waals surface area contributed by atoms with Crippen molar-refractivity contribution < 1.29 is 14.3 Å². The van der Waals surface area contributed by atoms with E-state index >= 15 is 0 Å². The molecule has 3 aromatic rings. The van der Waals surface area contributed by atoms with Gasteiger partial charge in [0.15, 0.2) is 6.61 Å². The van der Waals surface area contributed by atoms with Crippen molar-refractivity contribution in [2.45, 2.75) is 6.92 Å². The number of hydrogen-bond donors (Lipinski definition) is 1. The summed E-state index contributed by atoms with van der Waals surface area (Å²) in [5.74, 6) is 1.10. The van der Waals surface area contributed by atoms with E-state index in [9.17, 15) is 4.79 Å². The van der Waals surface area contributed by atoms with E-state index < -0.39 is 0 Å². The molecule has 0 fully saturated rings. The van der Waals surface area contributed by atoms with Gasteiger partial charge in [-0.3, -0.25) is 4.79 Å². The molecule has 0 saturated carbocycles. The summed E-state index contributed by atoms with van der Waals surface area (Å²) in [6.45, 7) is 2.41. The van der Waals surface area contributed by atoms with E-state index in [1.54, 1.807) is 6.07 Å². The van der Waals surface area contributed by atoms with Crippen molar-refractivity contribution >= 4 is 27.5 Å². The van der Waals surface area contributed by atoms with Gasteiger partial charge in [-0.2, -0.15) is 0 Å². The van der Waals surface area contributed by atoms with Crippen molar-refractivity contribution in [1.29, 1.82) is 0 Å². The van der Waals surface area contributed by atoms with E-state index in [1.165, 1.54) is 0 Å². The van der Waals surface area contributed by atoms with Gasteiger partial charge in [-0.25, -0.2) is 0 Å². The van der Waals surface area contributed by atoms with Crippen molar-refractivity contribution in [1.82, 2.24) is 0 Å². The van der Waals surface area contributed by atoms with Crippen LogP contribution in [0.25, 0.3) is 11.1 Å². The number of hydrogen-bond acceptors (Lipinski definition) is 3. The number of ether oxygens (including phenoxy) is 2. The summed E-state index contributed by atoms with van der Waals surface area (Å²) in [7, 11) is 0. The van der Waals surface area contributed by atoms with E-state index in [1.807, 2.05) is 73.7 Å². The van der Waals surface area contributed by atoms with E-state index in [0.717, 1.165) is 21.3 Å². The predicted molar refractivity (Wildman–Crippen MR) is 111 cm³/mol. The smallest absolute Gasteiger partial charge is 0.262 e. The first-order valence-electron chi connectivity index (χ1n) is 8.66. The average Bonchev–Trinajstić information content (AvgIpc) is 2.68. The molecule has 0 aliphatic rings. The third-order valence-electron chi connectivity index (χ3n) is 3.83. The van der Waals surface area contributed by atoms with E-state index in [0.29, 0.717) is 18.0 Å². The number of carbonyl (C=O) groups is 1. The number of nitrogens with one attached hydrogen (secondary N) is 1. The van der Waals surface area contributed by atoms with Crippen LogP contribution in [0.2, 0.25) is 0 Å². The van der Waals surface area contributed by atoms with Gasteiger partial charge in [-0.15, -0.1) is 0 Å². The van der Waals surface area contributed by atoms with Crippen LogP contribution in [-0.2, 0) is 4.79 Å². The number of anilines is 1. The average molecular weight is 426 g/mol. The second-order valence-corrected chi connectivity index (χ2v) is 6.66. The topological polar surface area (TPSA) is 47.6 Å². The summed E-state index contributed by atoms with van der Waals surface area (Å²) >= 11 is 3.51. The highest BCUT2D eigenvalue weighted by Gasteiger charge is 2.08. The number of rotatable bonds is 7. The van der Waals surface area contributed by atoms with Crippen LogP contribution in [0.15, 0.2) is 77.3 Å². The highest BCUT2D eigenvalue weighted by Crippen LogP contribution is 2.30. The summed E-state index contributed by atoms with van der Waals surface area (Å²) in [5.41, 5.74) is 2.87. The van der Waals surface area contributed by atoms with Crippen LogP contribution in [0.1, 0.15) is 6.92 Å². The third-order valence-corrected chi connectivity index (χ3v) is 4.45. The summed E-state index contributed by atoms with van der Waals surface area (Å²) in [5, 5.41) is 2.81. The zero-order valence-electron chi connectivity index (χ0n) is 14.9. The van der Waals surface area contributed by atoms with Crippen molar-refractivity contribution in [3.63, 3.8) is 0 Å². The van der Waals surface area contributed by atoms with Crippen LogP contribution < -0.4 is 14.8 Å². The Morgan fingerprint density at radius 3 is 2.48 bits per heavy atom. The van der Waals surface area contributed by atoms with Gasteiger partial charge in [-0.05, 0) is 58.2 Å². The van der Waals surface area contributed by atoms with Gasteiger partial charge >= 0.3 is 0 Å². The summed E-state index contributed by atoms with van der Waals surface area (Å²) in [6.07, 6.45) is 0. The van der Waals surface area contributed by atoms with Crippen molar-refractivity contribution in [2.24, 2.45) is 0 Å². The summed E-state index contributed by atoms with van der Waals surface area (Å²) in [4.78, 5) is 12.2. The quantitative estimate of drug-likeness (QED) is 0.540. The summed E-state index contributed by atoms with van der Waals surface area (Å²) in [6, 6.07) is 23.2. The first-order chi connectivity index (χ1) is 13.2. The van der Waals surface area contributed by atoms with E-state index in [-0.39, 0.29) is 12.5 Å². The molecule has 0 aliphatic carbocycles. The molecule has 0 radical (unpaired) electrons. The molecule has 0 aliphatic heterocycles. The Morgan fingerprint density at radius 1 is 0.926 bits per heavy atom. The first-order valence-corrected chi connectivity index (χ1v) is 9.45. The fourth-order valence-corrected chi connectivity index (χ4v) is 3.09. The van der Waals surface area contributed by atoms with Gasteiger partial charge in [0.05, 0.1) is 11.1 Å². The minimum Gasteiger partial charge on any atom is -0.494 e. The Balaban J connectivity index is 1.59. The molecule has 4 nitrogen and oxygen atoms in total. The van der Waals surface area contributed by atoms with Gasteiger partial charge in [0.2, 0.25) is 0 Å². The fraction of sp³-hybridized carbons (Fsp3) is 0.136. The number of halogens is 1. The van der Waals surface area contributed by atoms with Gasteiger partial charge in [0.25, 0.3) is 5.91 Å². The summed E-state index contributed by atoms with van der Waals surface area (Å²) < 4.78 is 11.9. The third kappa shape index (κ3) is 5.34. The zero-order chi connectivity index (χ0) is 19.1. The lowest BCUT2D eigenvalue weighted by atomic mass is 10.1. The molecule has 0 unspecified atom stereocenters. The molecule has 138 valence electrons. The Morgan fingerprint density at radius 2 is 1.74 bits per heavy atom. The van der Waals surface area contributed by atoms with Crippen LogP contribution >= 0.6 is 15.9 Å². The molecule has 3 aromatic carbocycles. The molecule has 27 heavy (non-hydrogen) atoms. The molecule has 3 rings (SSSR count). The molecule has 0 spiro atoms. The lowest BCUT2D eigenvalue weighted by Crippen LogP contribution is -2.20. The molecular weight excluding hydrogens is 406 g/mol. The minimum atomic E-state index is -0.234. The molecular formula is C22H20BrNO3. The van der Waals surface area contributed by atoms with Gasteiger partial charge in [0, 0.05) is 11.8 Å². The van der Waals surface area contributed by atoms with Gasteiger partial charge in [0.1, 0.15) is 11.5 Å². The lowest BCUT2D eigenvalue weighted by Gasteiger charge is -2.11. The van der Waals surface area contributed by atoms with Crippen LogP contribution in [0.3, 0.4) is 0 Å². The van der Waals surface area contributed by atoms with Gasteiger partial charge < -0.3 is 14.8 Å². The van der Waals surface area contributed by atoms with Crippen LogP contribution in [0.4, 0.5) is 5.69 Å². The molecule has 0 saturated heterocycles. The van der Waals surface area contributed by atoms with Crippen molar-refractivity contribution in [3.8, 4) is 22.6 Å². The normalized spacial score (nSPS) is 10.3. The number of amides is 1. The van der Waals surface area contributed by atoms with E-state index in [2.05, 4.69) is 21.2 Å². The Kier molecular flexibility index (Phi) is 6.49. The SMILES string of the molecule is CCOc1cccc(NC(=O)COc2ccc(-c3ccccc3)cc2Br)c1. The van der Waals surface area contributed by atoms with E-state index in [4.69, 9.17) is 9.47 Å². The monoisotopic (exact) mass is 425 g/mol. The largest absolute Gasteiger partial charge is 0.494 e. The molecule has 1 N–H and O–H groups in total. The highest BCUT2D eigenvalue weighted by atomic mass is 79.9. The Labute approximate surface area is 167 Å². The maximum atomic E-state index is 12.2. The molecule has 0 heterocycles.